The van der Waals surface area contributed by atoms with Gasteiger partial charge >= 0.3 is 0 Å². The minimum absolute atomic E-state index is 0.445. The Morgan fingerprint density at radius 1 is 1.13 bits per heavy atom. The lowest BCUT2D eigenvalue weighted by molar-refractivity contribution is 0.381. The Labute approximate surface area is 98.7 Å². The molecule has 0 aromatic carbocycles. The van der Waals surface area contributed by atoms with Crippen molar-refractivity contribution in [2.45, 2.75) is 64.7 Å². The molecule has 0 radical (unpaired) electrons. The van der Waals surface area contributed by atoms with Gasteiger partial charge in [0, 0.05) is 10.3 Å². The summed E-state index contributed by atoms with van der Waals surface area (Å²) in [6, 6.07) is 4.51. The molecular weight excluding hydrogens is 200 g/mol. The molecule has 1 aromatic rings. The van der Waals surface area contributed by atoms with E-state index in [-0.39, 0.29) is 0 Å². The van der Waals surface area contributed by atoms with Crippen LogP contribution in [0.25, 0.3) is 0 Å². The molecule has 0 nitrogen and oxygen atoms in total. The molecule has 1 rings (SSSR count). The van der Waals surface area contributed by atoms with Gasteiger partial charge in [-0.25, -0.2) is 0 Å². The van der Waals surface area contributed by atoms with E-state index in [1.165, 1.54) is 38.5 Å². The van der Waals surface area contributed by atoms with Gasteiger partial charge in [-0.05, 0) is 24.3 Å². The lowest BCUT2D eigenvalue weighted by Crippen LogP contribution is -2.20. The smallest absolute Gasteiger partial charge is 0.0104 e. The maximum absolute atomic E-state index is 2.45. The lowest BCUT2D eigenvalue weighted by atomic mass is 9.79. The molecule has 1 aromatic heterocycles. The van der Waals surface area contributed by atoms with Crippen LogP contribution in [-0.4, -0.2) is 0 Å². The van der Waals surface area contributed by atoms with Crippen LogP contribution in [0.2, 0.25) is 0 Å². The molecule has 0 N–H and O–H groups in total. The first-order chi connectivity index (χ1) is 7.23. The number of rotatable bonds is 7. The van der Waals surface area contributed by atoms with Crippen LogP contribution in [0.3, 0.4) is 0 Å². The quantitative estimate of drug-likeness (QED) is 0.583. The maximum atomic E-state index is 2.45. The Morgan fingerprint density at radius 3 is 2.13 bits per heavy atom. The van der Waals surface area contributed by atoms with Crippen LogP contribution >= 0.6 is 11.3 Å². The molecule has 0 amide bonds. The molecule has 1 heterocycles. The minimum Gasteiger partial charge on any atom is -0.148 e. The maximum Gasteiger partial charge on any atom is 0.0104 e. The molecule has 0 bridgehead atoms. The van der Waals surface area contributed by atoms with E-state index < -0.39 is 0 Å². The van der Waals surface area contributed by atoms with Crippen molar-refractivity contribution in [3.63, 3.8) is 0 Å². The first kappa shape index (κ1) is 12.8. The van der Waals surface area contributed by atoms with Crippen molar-refractivity contribution in [3.05, 3.63) is 22.4 Å². The van der Waals surface area contributed by atoms with Crippen molar-refractivity contribution < 1.29 is 0 Å². The minimum atomic E-state index is 0.445. The van der Waals surface area contributed by atoms with E-state index in [1.807, 2.05) is 11.3 Å². The molecule has 0 saturated heterocycles. The van der Waals surface area contributed by atoms with Crippen LogP contribution in [0.5, 0.6) is 0 Å². The largest absolute Gasteiger partial charge is 0.148 e. The Hall–Kier alpha value is -0.300. The van der Waals surface area contributed by atoms with Crippen LogP contribution in [0.4, 0.5) is 0 Å². The summed E-state index contributed by atoms with van der Waals surface area (Å²) in [5.74, 6) is 0. The highest BCUT2D eigenvalue weighted by Gasteiger charge is 2.25. The number of hydrogen-bond acceptors (Lipinski definition) is 1. The highest BCUT2D eigenvalue weighted by Crippen LogP contribution is 2.37. The van der Waals surface area contributed by atoms with Crippen molar-refractivity contribution in [2.75, 3.05) is 0 Å². The molecule has 0 fully saturated rings. The van der Waals surface area contributed by atoms with Crippen LogP contribution < -0.4 is 0 Å². The summed E-state index contributed by atoms with van der Waals surface area (Å²) in [7, 11) is 0. The second kappa shape index (κ2) is 6.32. The SMILES string of the molecule is CCCCC(C)(CCCC)c1cccs1. The Balaban J connectivity index is 2.67. The van der Waals surface area contributed by atoms with Gasteiger partial charge in [0.25, 0.3) is 0 Å². The van der Waals surface area contributed by atoms with Crippen LogP contribution in [0.1, 0.15) is 64.2 Å². The van der Waals surface area contributed by atoms with E-state index in [0.29, 0.717) is 5.41 Å². The van der Waals surface area contributed by atoms with Crippen molar-refractivity contribution in [3.8, 4) is 0 Å². The van der Waals surface area contributed by atoms with Gasteiger partial charge in [-0.1, -0.05) is 52.5 Å². The van der Waals surface area contributed by atoms with Crippen LogP contribution in [-0.2, 0) is 5.41 Å². The first-order valence-corrected chi connectivity index (χ1v) is 7.15. The molecule has 0 aliphatic carbocycles. The summed E-state index contributed by atoms with van der Waals surface area (Å²) < 4.78 is 0. The molecule has 0 unspecified atom stereocenters. The molecule has 0 spiro atoms. The first-order valence-electron chi connectivity index (χ1n) is 6.27. The average Bonchev–Trinajstić information content (AvgIpc) is 2.77. The van der Waals surface area contributed by atoms with Crippen molar-refractivity contribution in [2.24, 2.45) is 0 Å². The zero-order chi connectivity index (χ0) is 11.1. The molecule has 86 valence electrons. The van der Waals surface area contributed by atoms with Gasteiger partial charge in [-0.15, -0.1) is 11.3 Å². The summed E-state index contributed by atoms with van der Waals surface area (Å²) in [5, 5.41) is 2.21. The van der Waals surface area contributed by atoms with Gasteiger partial charge in [0.1, 0.15) is 0 Å². The second-order valence-electron chi connectivity index (χ2n) is 4.75. The fourth-order valence-electron chi connectivity index (χ4n) is 2.13. The van der Waals surface area contributed by atoms with E-state index in [1.54, 1.807) is 4.88 Å². The van der Waals surface area contributed by atoms with Gasteiger partial charge in [0.05, 0.1) is 0 Å². The highest BCUT2D eigenvalue weighted by atomic mass is 32.1. The summed E-state index contributed by atoms with van der Waals surface area (Å²) in [4.78, 5) is 1.59. The third kappa shape index (κ3) is 3.64. The predicted molar refractivity (Wildman–Crippen MR) is 70.7 cm³/mol. The zero-order valence-electron chi connectivity index (χ0n) is 10.4. The van der Waals surface area contributed by atoms with E-state index >= 15 is 0 Å². The fourth-order valence-corrected chi connectivity index (χ4v) is 3.08. The zero-order valence-corrected chi connectivity index (χ0v) is 11.2. The van der Waals surface area contributed by atoms with Crippen molar-refractivity contribution in [1.29, 1.82) is 0 Å². The van der Waals surface area contributed by atoms with E-state index in [9.17, 15) is 0 Å². The van der Waals surface area contributed by atoms with Crippen LogP contribution in [0.15, 0.2) is 17.5 Å². The predicted octanol–water partition coefficient (Wildman–Crippen LogP) is 5.39. The number of hydrogen-bond donors (Lipinski definition) is 0. The molecule has 0 aliphatic rings. The Bertz CT molecular complexity index is 240. The third-order valence-electron chi connectivity index (χ3n) is 3.28. The molecule has 15 heavy (non-hydrogen) atoms. The third-order valence-corrected chi connectivity index (χ3v) is 4.46. The summed E-state index contributed by atoms with van der Waals surface area (Å²) >= 11 is 1.93. The standard InChI is InChI=1S/C14H24S/c1-4-6-10-14(3,11-7-5-2)13-9-8-12-15-13/h8-9,12H,4-7,10-11H2,1-3H3. The summed E-state index contributed by atoms with van der Waals surface area (Å²) in [5.41, 5.74) is 0.445. The van der Waals surface area contributed by atoms with E-state index in [4.69, 9.17) is 0 Å². The molecule has 1 heteroatoms. The van der Waals surface area contributed by atoms with Gasteiger partial charge in [0.15, 0.2) is 0 Å². The molecule has 0 aliphatic heterocycles. The topological polar surface area (TPSA) is 0 Å². The molecule has 0 saturated carbocycles. The number of unbranched alkanes of at least 4 members (excludes halogenated alkanes) is 2. The van der Waals surface area contributed by atoms with Crippen LogP contribution in [0, 0.1) is 0 Å². The van der Waals surface area contributed by atoms with E-state index in [2.05, 4.69) is 38.3 Å². The molecular formula is C14H24S. The van der Waals surface area contributed by atoms with Gasteiger partial charge in [0.2, 0.25) is 0 Å². The van der Waals surface area contributed by atoms with E-state index in [0.717, 1.165) is 0 Å². The Morgan fingerprint density at radius 2 is 1.73 bits per heavy atom. The number of thiophene rings is 1. The fraction of sp³-hybridized carbons (Fsp3) is 0.714. The lowest BCUT2D eigenvalue weighted by Gasteiger charge is -2.28. The monoisotopic (exact) mass is 224 g/mol. The second-order valence-corrected chi connectivity index (χ2v) is 5.69. The Kier molecular flexibility index (Phi) is 5.38. The summed E-state index contributed by atoms with van der Waals surface area (Å²) in [6.45, 7) is 7.02. The normalized spacial score (nSPS) is 11.9. The van der Waals surface area contributed by atoms with Gasteiger partial charge in [-0.2, -0.15) is 0 Å². The van der Waals surface area contributed by atoms with Gasteiger partial charge < -0.3 is 0 Å². The average molecular weight is 224 g/mol. The molecule has 0 atom stereocenters. The van der Waals surface area contributed by atoms with Crippen molar-refractivity contribution >= 4 is 11.3 Å². The summed E-state index contributed by atoms with van der Waals surface area (Å²) in [6.07, 6.45) is 8.05. The van der Waals surface area contributed by atoms with Crippen molar-refractivity contribution in [1.82, 2.24) is 0 Å². The highest BCUT2D eigenvalue weighted by molar-refractivity contribution is 7.10. The van der Waals surface area contributed by atoms with Gasteiger partial charge in [-0.3, -0.25) is 0 Å².